The number of aromatic amines is 1. The molecule has 80 valence electrons. The van der Waals surface area contributed by atoms with Gasteiger partial charge < -0.3 is 5.11 Å². The van der Waals surface area contributed by atoms with E-state index in [1.54, 1.807) is 0 Å². The summed E-state index contributed by atoms with van der Waals surface area (Å²) in [5.41, 5.74) is 0. The van der Waals surface area contributed by atoms with Gasteiger partial charge in [0.1, 0.15) is 0 Å². The third-order valence-electron chi connectivity index (χ3n) is 2.00. The van der Waals surface area contributed by atoms with Crippen LogP contribution >= 0.6 is 15.9 Å². The van der Waals surface area contributed by atoms with E-state index < -0.39 is 5.97 Å². The van der Waals surface area contributed by atoms with Crippen molar-refractivity contribution in [1.82, 2.24) is 15.2 Å². The van der Waals surface area contributed by atoms with Crippen molar-refractivity contribution >= 4 is 33.8 Å². The van der Waals surface area contributed by atoms with Gasteiger partial charge in [0.2, 0.25) is 11.7 Å². The molecular weight excluding hydrogens is 268 g/mol. The number of nitrogens with zero attached hydrogens (tertiary/aromatic N) is 3. The molecule has 2 heterocycles. The number of carboxylic acid groups (broad SMARTS) is 1. The van der Waals surface area contributed by atoms with E-state index in [0.717, 1.165) is 0 Å². The number of hydrogen-bond acceptors (Lipinski definition) is 4. The zero-order valence-electron chi connectivity index (χ0n) is 7.47. The number of nitrogens with one attached hydrogen (secondary N) is 1. The highest BCUT2D eigenvalue weighted by Crippen LogP contribution is 2.21. The molecule has 1 fully saturated rings. The van der Waals surface area contributed by atoms with Gasteiger partial charge in [-0.05, 0) is 0 Å². The fourth-order valence-electron chi connectivity index (χ4n) is 1.33. The van der Waals surface area contributed by atoms with Gasteiger partial charge in [-0.2, -0.15) is 4.98 Å². The Labute approximate surface area is 92.6 Å². The number of H-pyrrole nitrogens is 1. The molecule has 7 nitrogen and oxygen atoms in total. The summed E-state index contributed by atoms with van der Waals surface area (Å²) >= 11 is 3.31. The summed E-state index contributed by atoms with van der Waals surface area (Å²) in [6.45, 7) is 0.454. The number of rotatable bonds is 2. The molecule has 1 aromatic rings. The minimum absolute atomic E-state index is 0.0665. The Kier molecular flexibility index (Phi) is 2.43. The minimum atomic E-state index is -1.20. The number of carbonyl (C=O) groups is 2. The van der Waals surface area contributed by atoms with Crippen LogP contribution in [-0.2, 0) is 4.79 Å². The zero-order valence-corrected chi connectivity index (χ0v) is 9.06. The van der Waals surface area contributed by atoms with Gasteiger partial charge in [0, 0.05) is 17.8 Å². The number of aromatic nitrogens is 3. The van der Waals surface area contributed by atoms with E-state index >= 15 is 0 Å². The van der Waals surface area contributed by atoms with Crippen molar-refractivity contribution in [1.29, 1.82) is 0 Å². The highest BCUT2D eigenvalue weighted by Gasteiger charge is 2.31. The Morgan fingerprint density at radius 1 is 1.67 bits per heavy atom. The molecule has 0 bridgehead atoms. The maximum Gasteiger partial charge on any atom is 0.373 e. The first-order valence-electron chi connectivity index (χ1n) is 4.18. The fraction of sp³-hybridized carbons (Fsp3) is 0.429. The summed E-state index contributed by atoms with van der Waals surface area (Å²) < 4.78 is 0. The van der Waals surface area contributed by atoms with Crippen LogP contribution in [0.2, 0.25) is 0 Å². The summed E-state index contributed by atoms with van der Waals surface area (Å²) in [5.74, 6) is -1.47. The molecule has 0 radical (unpaired) electrons. The maximum absolute atomic E-state index is 11.4. The lowest BCUT2D eigenvalue weighted by Gasteiger charge is -2.09. The van der Waals surface area contributed by atoms with Gasteiger partial charge in [-0.3, -0.25) is 14.8 Å². The topological polar surface area (TPSA) is 99.2 Å². The van der Waals surface area contributed by atoms with Gasteiger partial charge in [-0.1, -0.05) is 15.9 Å². The molecule has 0 spiro atoms. The zero-order chi connectivity index (χ0) is 11.0. The van der Waals surface area contributed by atoms with Crippen LogP contribution in [0.1, 0.15) is 17.0 Å². The van der Waals surface area contributed by atoms with Crippen LogP contribution in [-0.4, -0.2) is 43.5 Å². The highest BCUT2D eigenvalue weighted by atomic mass is 79.9. The van der Waals surface area contributed by atoms with Crippen LogP contribution in [0.4, 0.5) is 5.95 Å². The largest absolute Gasteiger partial charge is 0.475 e. The lowest BCUT2D eigenvalue weighted by Crippen LogP contribution is -2.25. The van der Waals surface area contributed by atoms with Crippen molar-refractivity contribution < 1.29 is 14.7 Å². The second-order valence-corrected chi connectivity index (χ2v) is 4.39. The van der Waals surface area contributed by atoms with Gasteiger partial charge in [0.15, 0.2) is 0 Å². The molecule has 1 unspecified atom stereocenters. The average Bonchev–Trinajstić information content (AvgIpc) is 2.71. The van der Waals surface area contributed by atoms with Crippen LogP contribution in [0.3, 0.4) is 0 Å². The highest BCUT2D eigenvalue weighted by molar-refractivity contribution is 9.09. The van der Waals surface area contributed by atoms with Crippen LogP contribution in [0.5, 0.6) is 0 Å². The van der Waals surface area contributed by atoms with Gasteiger partial charge >= 0.3 is 5.97 Å². The van der Waals surface area contributed by atoms with Crippen molar-refractivity contribution in [3.63, 3.8) is 0 Å². The molecule has 1 amide bonds. The number of aromatic carboxylic acids is 1. The molecule has 1 aromatic heterocycles. The number of alkyl halides is 1. The number of anilines is 1. The van der Waals surface area contributed by atoms with Crippen molar-refractivity contribution in [3.05, 3.63) is 5.82 Å². The Balaban J connectivity index is 2.23. The van der Waals surface area contributed by atoms with Gasteiger partial charge in [-0.15, -0.1) is 5.10 Å². The Morgan fingerprint density at radius 2 is 2.40 bits per heavy atom. The third-order valence-corrected chi connectivity index (χ3v) is 2.61. The van der Waals surface area contributed by atoms with Crippen molar-refractivity contribution in [2.45, 2.75) is 11.2 Å². The standard InChI is InChI=1S/C7H7BrN4O3/c8-3-1-4(13)12(2-3)7-9-5(6(14)15)10-11-7/h3H,1-2H2,(H,14,15)(H,9,10,11). The third kappa shape index (κ3) is 1.84. The fourth-order valence-corrected chi connectivity index (χ4v) is 1.89. The van der Waals surface area contributed by atoms with Gasteiger partial charge in [0.25, 0.3) is 5.95 Å². The SMILES string of the molecule is O=C(O)c1nc(N2CC(Br)CC2=O)n[nH]1. The lowest BCUT2D eigenvalue weighted by molar-refractivity contribution is -0.117. The molecular formula is C7H7BrN4O3. The molecule has 8 heteroatoms. The van der Waals surface area contributed by atoms with Crippen molar-refractivity contribution in [2.24, 2.45) is 0 Å². The van der Waals surface area contributed by atoms with E-state index in [4.69, 9.17) is 5.11 Å². The Bertz CT molecular complexity index is 418. The molecule has 0 aromatic carbocycles. The monoisotopic (exact) mass is 274 g/mol. The molecule has 0 saturated carbocycles. The van der Waals surface area contributed by atoms with Crippen LogP contribution in [0.15, 0.2) is 0 Å². The normalized spacial score (nSPS) is 21.0. The predicted molar refractivity (Wildman–Crippen MR) is 53.0 cm³/mol. The molecule has 2 N–H and O–H groups in total. The van der Waals surface area contributed by atoms with Crippen LogP contribution < -0.4 is 4.90 Å². The first-order chi connectivity index (χ1) is 7.08. The first kappa shape index (κ1) is 10.1. The van der Waals surface area contributed by atoms with E-state index in [0.29, 0.717) is 13.0 Å². The van der Waals surface area contributed by atoms with Gasteiger partial charge in [0.05, 0.1) is 0 Å². The smallest absolute Gasteiger partial charge is 0.373 e. The summed E-state index contributed by atoms with van der Waals surface area (Å²) in [6, 6.07) is 0. The van der Waals surface area contributed by atoms with E-state index in [2.05, 4.69) is 31.1 Å². The molecule has 1 aliphatic rings. The Hall–Kier alpha value is -1.44. The summed E-state index contributed by atoms with van der Waals surface area (Å²) in [5, 5.41) is 14.5. The number of carbonyl (C=O) groups excluding carboxylic acids is 1. The second-order valence-electron chi connectivity index (χ2n) is 3.09. The molecule has 1 atom stereocenters. The predicted octanol–water partition coefficient (Wildman–Crippen LogP) is 0.00310. The van der Waals surface area contributed by atoms with Crippen LogP contribution in [0, 0.1) is 0 Å². The minimum Gasteiger partial charge on any atom is -0.475 e. The molecule has 1 aliphatic heterocycles. The number of halogens is 1. The maximum atomic E-state index is 11.4. The molecule has 2 rings (SSSR count). The molecule has 15 heavy (non-hydrogen) atoms. The number of carboxylic acids is 1. The number of hydrogen-bond donors (Lipinski definition) is 2. The van der Waals surface area contributed by atoms with E-state index in [1.165, 1.54) is 4.90 Å². The van der Waals surface area contributed by atoms with E-state index in [9.17, 15) is 9.59 Å². The number of amides is 1. The quantitative estimate of drug-likeness (QED) is 0.740. The first-order valence-corrected chi connectivity index (χ1v) is 5.09. The van der Waals surface area contributed by atoms with Gasteiger partial charge in [-0.25, -0.2) is 4.79 Å². The Morgan fingerprint density at radius 3 is 2.87 bits per heavy atom. The summed E-state index contributed by atoms with van der Waals surface area (Å²) in [7, 11) is 0. The van der Waals surface area contributed by atoms with E-state index in [1.807, 2.05) is 0 Å². The average molecular weight is 275 g/mol. The summed E-state index contributed by atoms with van der Waals surface area (Å²) in [4.78, 5) is 27.1. The molecule has 1 saturated heterocycles. The second kappa shape index (κ2) is 3.61. The van der Waals surface area contributed by atoms with Crippen LogP contribution in [0.25, 0.3) is 0 Å². The van der Waals surface area contributed by atoms with Crippen molar-refractivity contribution in [2.75, 3.05) is 11.4 Å². The van der Waals surface area contributed by atoms with Crippen molar-refractivity contribution in [3.8, 4) is 0 Å². The van der Waals surface area contributed by atoms with E-state index in [-0.39, 0.29) is 22.5 Å². The lowest BCUT2D eigenvalue weighted by atomic mass is 10.4. The summed E-state index contributed by atoms with van der Waals surface area (Å²) in [6.07, 6.45) is 0.372. The molecule has 0 aliphatic carbocycles.